The Morgan fingerprint density at radius 1 is 1.46 bits per heavy atom. The minimum atomic E-state index is 0.279. The lowest BCUT2D eigenvalue weighted by molar-refractivity contribution is -0.000614. The first-order valence-electron chi connectivity index (χ1n) is 5.31. The summed E-state index contributed by atoms with van der Waals surface area (Å²) in [5, 5.41) is 3.38. The average Bonchev–Trinajstić information content (AvgIpc) is 2.53. The molecule has 13 heavy (non-hydrogen) atoms. The van der Waals surface area contributed by atoms with Gasteiger partial charge in [-0.05, 0) is 32.1 Å². The third-order valence-electron chi connectivity index (χ3n) is 2.83. The van der Waals surface area contributed by atoms with Crippen LogP contribution >= 0.6 is 0 Å². The highest BCUT2D eigenvalue weighted by molar-refractivity contribution is 4.74. The summed E-state index contributed by atoms with van der Waals surface area (Å²) in [6, 6.07) is 0. The van der Waals surface area contributed by atoms with Crippen molar-refractivity contribution in [2.45, 2.75) is 38.5 Å². The molecular formula is C10H19NO2. The highest BCUT2D eigenvalue weighted by atomic mass is 16.5. The van der Waals surface area contributed by atoms with E-state index >= 15 is 0 Å². The van der Waals surface area contributed by atoms with Crippen LogP contribution in [0.15, 0.2) is 0 Å². The first-order valence-corrected chi connectivity index (χ1v) is 5.31. The van der Waals surface area contributed by atoms with Gasteiger partial charge in [0.2, 0.25) is 0 Å². The SMILES string of the molecule is CC1CNC(CC2CCCOC2)O1. The van der Waals surface area contributed by atoms with Crippen LogP contribution in [0.25, 0.3) is 0 Å². The smallest absolute Gasteiger partial charge is 0.108 e. The molecule has 0 saturated carbocycles. The van der Waals surface area contributed by atoms with Crippen LogP contribution in [0.3, 0.4) is 0 Å². The molecule has 0 aromatic heterocycles. The lowest BCUT2D eigenvalue weighted by Gasteiger charge is -2.24. The Morgan fingerprint density at radius 2 is 2.38 bits per heavy atom. The Labute approximate surface area is 79.8 Å². The predicted molar refractivity (Wildman–Crippen MR) is 50.5 cm³/mol. The summed E-state index contributed by atoms with van der Waals surface area (Å²) in [6.45, 7) is 4.99. The Bertz CT molecular complexity index is 154. The Hall–Kier alpha value is -0.120. The van der Waals surface area contributed by atoms with E-state index in [2.05, 4.69) is 12.2 Å². The molecular weight excluding hydrogens is 166 g/mol. The first-order chi connectivity index (χ1) is 6.34. The van der Waals surface area contributed by atoms with Gasteiger partial charge < -0.3 is 9.47 Å². The molecule has 2 aliphatic rings. The van der Waals surface area contributed by atoms with E-state index in [-0.39, 0.29) is 6.23 Å². The van der Waals surface area contributed by atoms with Gasteiger partial charge >= 0.3 is 0 Å². The van der Waals surface area contributed by atoms with Gasteiger partial charge in [0, 0.05) is 19.8 Å². The molecule has 3 nitrogen and oxygen atoms in total. The second-order valence-corrected chi connectivity index (χ2v) is 4.16. The second kappa shape index (κ2) is 4.40. The van der Waals surface area contributed by atoms with Crippen LogP contribution in [0.1, 0.15) is 26.2 Å². The van der Waals surface area contributed by atoms with E-state index in [0.29, 0.717) is 12.0 Å². The molecule has 3 atom stereocenters. The molecule has 0 aliphatic carbocycles. The van der Waals surface area contributed by atoms with Gasteiger partial charge in [-0.25, -0.2) is 0 Å². The summed E-state index contributed by atoms with van der Waals surface area (Å²) in [4.78, 5) is 0. The van der Waals surface area contributed by atoms with E-state index in [0.717, 1.165) is 26.2 Å². The molecule has 0 spiro atoms. The first kappa shape index (κ1) is 9.44. The van der Waals surface area contributed by atoms with Crippen molar-refractivity contribution in [3.8, 4) is 0 Å². The van der Waals surface area contributed by atoms with Gasteiger partial charge in [-0.1, -0.05) is 0 Å². The van der Waals surface area contributed by atoms with Crippen LogP contribution in [0.2, 0.25) is 0 Å². The highest BCUT2D eigenvalue weighted by Gasteiger charge is 2.25. The van der Waals surface area contributed by atoms with Gasteiger partial charge in [0.15, 0.2) is 0 Å². The number of rotatable bonds is 2. The summed E-state index contributed by atoms with van der Waals surface area (Å²) in [7, 11) is 0. The second-order valence-electron chi connectivity index (χ2n) is 4.16. The van der Waals surface area contributed by atoms with Crippen LogP contribution in [0, 0.1) is 5.92 Å². The van der Waals surface area contributed by atoms with Crippen molar-refractivity contribution in [3.05, 3.63) is 0 Å². The molecule has 0 aromatic rings. The van der Waals surface area contributed by atoms with Crippen molar-refractivity contribution in [1.82, 2.24) is 5.32 Å². The average molecular weight is 185 g/mol. The van der Waals surface area contributed by atoms with Crippen LogP contribution < -0.4 is 5.32 Å². The number of nitrogens with one attached hydrogen (secondary N) is 1. The third-order valence-corrected chi connectivity index (χ3v) is 2.83. The van der Waals surface area contributed by atoms with Crippen LogP contribution in [-0.2, 0) is 9.47 Å². The normalized spacial score (nSPS) is 40.8. The van der Waals surface area contributed by atoms with Crippen molar-refractivity contribution < 1.29 is 9.47 Å². The highest BCUT2D eigenvalue weighted by Crippen LogP contribution is 2.21. The number of hydrogen-bond donors (Lipinski definition) is 1. The zero-order valence-corrected chi connectivity index (χ0v) is 8.29. The lowest BCUT2D eigenvalue weighted by atomic mass is 9.98. The molecule has 2 rings (SSSR count). The van der Waals surface area contributed by atoms with Crippen LogP contribution in [-0.4, -0.2) is 32.1 Å². The Kier molecular flexibility index (Phi) is 3.19. The monoisotopic (exact) mass is 185 g/mol. The summed E-state index contributed by atoms with van der Waals surface area (Å²) >= 11 is 0. The van der Waals surface area contributed by atoms with Crippen LogP contribution in [0.4, 0.5) is 0 Å². The van der Waals surface area contributed by atoms with Gasteiger partial charge in [-0.3, -0.25) is 5.32 Å². The molecule has 0 aromatic carbocycles. The van der Waals surface area contributed by atoms with Gasteiger partial charge in [-0.2, -0.15) is 0 Å². The molecule has 3 unspecified atom stereocenters. The van der Waals surface area contributed by atoms with Gasteiger partial charge in [-0.15, -0.1) is 0 Å². The summed E-state index contributed by atoms with van der Waals surface area (Å²) in [6.07, 6.45) is 4.30. The predicted octanol–water partition coefficient (Wildman–Crippen LogP) is 1.14. The molecule has 1 N–H and O–H groups in total. The van der Waals surface area contributed by atoms with E-state index in [9.17, 15) is 0 Å². The molecule has 2 aliphatic heterocycles. The topological polar surface area (TPSA) is 30.5 Å². The van der Waals surface area contributed by atoms with Crippen molar-refractivity contribution in [2.24, 2.45) is 5.92 Å². The fourth-order valence-electron chi connectivity index (χ4n) is 2.11. The Balaban J connectivity index is 1.71. The Morgan fingerprint density at radius 3 is 3.00 bits per heavy atom. The molecule has 0 amide bonds. The summed E-state index contributed by atoms with van der Waals surface area (Å²) < 4.78 is 11.1. The lowest BCUT2D eigenvalue weighted by Crippen LogP contribution is -2.29. The third kappa shape index (κ3) is 2.66. The molecule has 0 radical (unpaired) electrons. The zero-order chi connectivity index (χ0) is 9.10. The van der Waals surface area contributed by atoms with E-state index in [1.165, 1.54) is 12.8 Å². The fourth-order valence-corrected chi connectivity index (χ4v) is 2.11. The minimum absolute atomic E-state index is 0.279. The molecule has 0 bridgehead atoms. The van der Waals surface area contributed by atoms with E-state index in [4.69, 9.17) is 9.47 Å². The molecule has 2 heterocycles. The van der Waals surface area contributed by atoms with Gasteiger partial charge in [0.25, 0.3) is 0 Å². The quantitative estimate of drug-likeness (QED) is 0.699. The maximum absolute atomic E-state index is 5.70. The van der Waals surface area contributed by atoms with E-state index in [1.54, 1.807) is 0 Å². The van der Waals surface area contributed by atoms with Gasteiger partial charge in [0.1, 0.15) is 6.23 Å². The fraction of sp³-hybridized carbons (Fsp3) is 1.00. The van der Waals surface area contributed by atoms with Crippen molar-refractivity contribution in [2.75, 3.05) is 19.8 Å². The molecule has 2 fully saturated rings. The van der Waals surface area contributed by atoms with Gasteiger partial charge in [0.05, 0.1) is 6.10 Å². The summed E-state index contributed by atoms with van der Waals surface area (Å²) in [5.74, 6) is 0.705. The largest absolute Gasteiger partial charge is 0.381 e. The number of ether oxygens (including phenoxy) is 2. The minimum Gasteiger partial charge on any atom is -0.381 e. The van der Waals surface area contributed by atoms with Crippen LogP contribution in [0.5, 0.6) is 0 Å². The standard InChI is InChI=1S/C10H19NO2/c1-8-6-11-10(13-8)5-9-3-2-4-12-7-9/h8-11H,2-7H2,1H3. The van der Waals surface area contributed by atoms with Crippen molar-refractivity contribution in [1.29, 1.82) is 0 Å². The van der Waals surface area contributed by atoms with Crippen molar-refractivity contribution in [3.63, 3.8) is 0 Å². The zero-order valence-electron chi connectivity index (χ0n) is 8.29. The molecule has 76 valence electrons. The number of hydrogen-bond acceptors (Lipinski definition) is 3. The summed E-state index contributed by atoms with van der Waals surface area (Å²) in [5.41, 5.74) is 0. The molecule has 3 heteroatoms. The maximum Gasteiger partial charge on any atom is 0.108 e. The maximum atomic E-state index is 5.70. The van der Waals surface area contributed by atoms with E-state index < -0.39 is 0 Å². The van der Waals surface area contributed by atoms with E-state index in [1.807, 2.05) is 0 Å². The molecule has 2 saturated heterocycles. The van der Waals surface area contributed by atoms with Crippen molar-refractivity contribution >= 4 is 0 Å².